The number of halogens is 1. The molecule has 0 atom stereocenters. The number of aromatic nitrogens is 2. The summed E-state index contributed by atoms with van der Waals surface area (Å²) < 4.78 is 46.5. The second-order valence-corrected chi connectivity index (χ2v) is 13.6. The zero-order valence-corrected chi connectivity index (χ0v) is 26.0. The lowest BCUT2D eigenvalue weighted by Crippen LogP contribution is -2.33. The van der Waals surface area contributed by atoms with Crippen LogP contribution < -0.4 is 14.5 Å². The number of anilines is 2. The first kappa shape index (κ1) is 29.5. The van der Waals surface area contributed by atoms with Gasteiger partial charge >= 0.3 is 0 Å². The summed E-state index contributed by atoms with van der Waals surface area (Å²) >= 11 is 1.50. The number of thiazole rings is 1. The molecule has 0 bridgehead atoms. The summed E-state index contributed by atoms with van der Waals surface area (Å²) in [4.78, 5) is 37.3. The predicted molar refractivity (Wildman–Crippen MR) is 169 cm³/mol. The second kappa shape index (κ2) is 11.1. The predicted octanol–water partition coefficient (Wildman–Crippen LogP) is 5.48. The molecule has 5 aromatic rings. The Morgan fingerprint density at radius 2 is 1.82 bits per heavy atom. The highest BCUT2D eigenvalue weighted by Gasteiger charge is 2.28. The molecule has 6 rings (SSSR count). The number of carbonyl (C=O) groups is 2. The third kappa shape index (κ3) is 5.22. The van der Waals surface area contributed by atoms with Gasteiger partial charge in [-0.05, 0) is 49.2 Å². The lowest BCUT2D eigenvalue weighted by molar-refractivity contribution is -0.116. The fourth-order valence-corrected chi connectivity index (χ4v) is 6.91. The Kier molecular flexibility index (Phi) is 7.46. The van der Waals surface area contributed by atoms with E-state index in [2.05, 4.69) is 10.3 Å². The Balaban J connectivity index is 1.56. The molecule has 0 saturated heterocycles. The maximum absolute atomic E-state index is 13.7. The molecule has 0 spiro atoms. The molecule has 0 saturated carbocycles. The highest BCUT2D eigenvalue weighted by molar-refractivity contribution is 7.92. The lowest BCUT2D eigenvalue weighted by Gasteiger charge is -2.23. The molecule has 13 heteroatoms. The van der Waals surface area contributed by atoms with Crippen molar-refractivity contribution in [3.63, 3.8) is 0 Å². The van der Waals surface area contributed by atoms with Crippen molar-refractivity contribution in [2.45, 2.75) is 19.8 Å². The van der Waals surface area contributed by atoms with Gasteiger partial charge in [-0.25, -0.2) is 17.8 Å². The van der Waals surface area contributed by atoms with E-state index in [9.17, 15) is 22.4 Å². The van der Waals surface area contributed by atoms with E-state index in [0.29, 0.717) is 50.7 Å². The van der Waals surface area contributed by atoms with Crippen LogP contribution in [0.2, 0.25) is 0 Å². The van der Waals surface area contributed by atoms with Crippen LogP contribution >= 0.6 is 11.3 Å². The quantitative estimate of drug-likeness (QED) is 0.263. The Morgan fingerprint density at radius 3 is 2.50 bits per heavy atom. The molecular formula is C31H28FN5O5S2. The van der Waals surface area contributed by atoms with E-state index >= 15 is 0 Å². The SMILES string of the molecule is CNC(=O)c1c(-c2ccc(F)cc2)oc2cc(N(C)S(C)(=O)=O)c(-c3cncc(-c4nc5c(s4)CCCN5C(C)=O)c3)cc12. The van der Waals surface area contributed by atoms with E-state index in [1.54, 1.807) is 29.4 Å². The van der Waals surface area contributed by atoms with Gasteiger partial charge in [0, 0.05) is 78.5 Å². The number of fused-ring (bicyclic) bond motifs is 2. The Labute approximate surface area is 257 Å². The Bertz CT molecular complexity index is 2050. The van der Waals surface area contributed by atoms with Gasteiger partial charge in [0.1, 0.15) is 28.0 Å². The molecule has 44 heavy (non-hydrogen) atoms. The van der Waals surface area contributed by atoms with Crippen molar-refractivity contribution in [2.75, 3.05) is 36.1 Å². The number of hydrogen-bond donors (Lipinski definition) is 1. The first-order chi connectivity index (χ1) is 21.0. The van der Waals surface area contributed by atoms with Crippen molar-refractivity contribution in [1.82, 2.24) is 15.3 Å². The number of rotatable bonds is 6. The monoisotopic (exact) mass is 633 g/mol. The molecule has 3 aromatic heterocycles. The summed E-state index contributed by atoms with van der Waals surface area (Å²) in [5.74, 6) is -0.0418. The van der Waals surface area contributed by atoms with Crippen molar-refractivity contribution in [2.24, 2.45) is 0 Å². The second-order valence-electron chi connectivity index (χ2n) is 10.5. The third-order valence-corrected chi connectivity index (χ3v) is 9.94. The fraction of sp³-hybridized carbons (Fsp3) is 0.226. The molecule has 226 valence electrons. The van der Waals surface area contributed by atoms with Gasteiger partial charge in [0.05, 0.1) is 17.5 Å². The van der Waals surface area contributed by atoms with Crippen LogP contribution in [0.15, 0.2) is 59.3 Å². The number of nitrogens with zero attached hydrogens (tertiary/aromatic N) is 4. The molecule has 10 nitrogen and oxygen atoms in total. The Morgan fingerprint density at radius 1 is 1.09 bits per heavy atom. The maximum Gasteiger partial charge on any atom is 0.255 e. The maximum atomic E-state index is 13.7. The minimum absolute atomic E-state index is 0.0662. The summed E-state index contributed by atoms with van der Waals surface area (Å²) in [5.41, 5.74) is 3.06. The number of sulfonamides is 1. The van der Waals surface area contributed by atoms with Crippen LogP contribution in [0.1, 0.15) is 28.6 Å². The van der Waals surface area contributed by atoms with Gasteiger partial charge in [-0.3, -0.25) is 23.8 Å². The average molecular weight is 634 g/mol. The smallest absolute Gasteiger partial charge is 0.255 e. The number of benzene rings is 2. The van der Waals surface area contributed by atoms with Gasteiger partial charge in [0.15, 0.2) is 0 Å². The molecule has 1 aliphatic heterocycles. The van der Waals surface area contributed by atoms with E-state index in [4.69, 9.17) is 9.40 Å². The van der Waals surface area contributed by atoms with Gasteiger partial charge in [-0.2, -0.15) is 0 Å². The van der Waals surface area contributed by atoms with E-state index in [1.165, 1.54) is 56.6 Å². The average Bonchev–Trinajstić information content (AvgIpc) is 3.61. The van der Waals surface area contributed by atoms with Crippen molar-refractivity contribution < 1.29 is 26.8 Å². The summed E-state index contributed by atoms with van der Waals surface area (Å²) in [6.07, 6.45) is 6.05. The molecule has 4 heterocycles. The highest BCUT2D eigenvalue weighted by Crippen LogP contribution is 2.43. The van der Waals surface area contributed by atoms with Crippen molar-refractivity contribution >= 4 is 55.6 Å². The zero-order chi connectivity index (χ0) is 31.3. The molecule has 0 fully saturated rings. The number of nitrogens with one attached hydrogen (secondary N) is 1. The number of aryl methyl sites for hydroxylation is 1. The van der Waals surface area contributed by atoms with Crippen LogP contribution in [0.5, 0.6) is 0 Å². The minimum Gasteiger partial charge on any atom is -0.455 e. The van der Waals surface area contributed by atoms with Gasteiger partial charge in [0.25, 0.3) is 5.91 Å². The van der Waals surface area contributed by atoms with Gasteiger partial charge in [-0.1, -0.05) is 0 Å². The number of pyridine rings is 1. The van der Waals surface area contributed by atoms with Gasteiger partial charge < -0.3 is 9.73 Å². The summed E-state index contributed by atoms with van der Waals surface area (Å²) in [5, 5.41) is 3.77. The van der Waals surface area contributed by atoms with Crippen LogP contribution in [0.3, 0.4) is 0 Å². The summed E-state index contributed by atoms with van der Waals surface area (Å²) in [6.45, 7) is 2.14. The number of furan rings is 1. The molecule has 0 aliphatic carbocycles. The van der Waals surface area contributed by atoms with Crippen LogP contribution in [-0.2, 0) is 21.2 Å². The van der Waals surface area contributed by atoms with Crippen LogP contribution in [0, 0.1) is 5.82 Å². The number of amides is 2. The van der Waals surface area contributed by atoms with E-state index in [-0.39, 0.29) is 22.8 Å². The topological polar surface area (TPSA) is 126 Å². The third-order valence-electron chi connectivity index (χ3n) is 7.60. The van der Waals surface area contributed by atoms with Crippen molar-refractivity contribution in [3.05, 3.63) is 71.1 Å². The molecule has 2 aromatic carbocycles. The van der Waals surface area contributed by atoms with Crippen LogP contribution in [0.4, 0.5) is 15.9 Å². The normalized spacial score (nSPS) is 13.2. The van der Waals surface area contributed by atoms with Crippen LogP contribution in [-0.4, -0.2) is 57.1 Å². The fourth-order valence-electron chi connectivity index (χ4n) is 5.31. The Hall–Kier alpha value is -4.62. The van der Waals surface area contributed by atoms with Gasteiger partial charge in [0.2, 0.25) is 15.9 Å². The van der Waals surface area contributed by atoms with E-state index < -0.39 is 21.7 Å². The molecule has 0 unspecified atom stereocenters. The summed E-state index contributed by atoms with van der Waals surface area (Å²) in [7, 11) is -0.779. The molecule has 1 N–H and O–H groups in total. The van der Waals surface area contributed by atoms with Gasteiger partial charge in [-0.15, -0.1) is 11.3 Å². The highest BCUT2D eigenvalue weighted by atomic mass is 32.2. The molecule has 2 amide bonds. The van der Waals surface area contributed by atoms with Crippen LogP contribution in [0.25, 0.3) is 44.0 Å². The van der Waals surface area contributed by atoms with E-state index in [0.717, 1.165) is 28.3 Å². The molecule has 0 radical (unpaired) electrons. The largest absolute Gasteiger partial charge is 0.455 e. The minimum atomic E-state index is -3.71. The number of hydrogen-bond acceptors (Lipinski definition) is 8. The first-order valence-electron chi connectivity index (χ1n) is 13.7. The van der Waals surface area contributed by atoms with Crippen molar-refractivity contribution in [1.29, 1.82) is 0 Å². The molecule has 1 aliphatic rings. The summed E-state index contributed by atoms with van der Waals surface area (Å²) in [6, 6.07) is 10.7. The first-order valence-corrected chi connectivity index (χ1v) is 16.4. The lowest BCUT2D eigenvalue weighted by atomic mass is 9.98. The zero-order valence-electron chi connectivity index (χ0n) is 24.3. The standard InChI is InChI=1S/C31H28FN5O5S2/c1-17(38)37-11-5-6-26-29(37)35-31(43-26)20-12-19(15-34-16-20)22-13-23-25(14-24(22)36(3)44(4,40)41)42-28(27(23)30(39)33-2)18-7-9-21(32)10-8-18/h7-10,12-16H,5-6,11H2,1-4H3,(H,33,39). The number of carbonyl (C=O) groups excluding carboxylic acids is 2. The van der Waals surface area contributed by atoms with E-state index in [1.807, 2.05) is 6.07 Å². The van der Waals surface area contributed by atoms with Crippen molar-refractivity contribution in [3.8, 4) is 33.0 Å². The molecular weight excluding hydrogens is 606 g/mol.